The van der Waals surface area contributed by atoms with Crippen molar-refractivity contribution in [3.05, 3.63) is 46.3 Å². The molecule has 1 aliphatic rings. The lowest BCUT2D eigenvalue weighted by Gasteiger charge is -2.11. The topological polar surface area (TPSA) is 76.9 Å². The van der Waals surface area contributed by atoms with Crippen molar-refractivity contribution in [2.24, 2.45) is 5.73 Å². The monoisotopic (exact) mass is 334 g/mol. The van der Waals surface area contributed by atoms with Gasteiger partial charge < -0.3 is 10.5 Å². The number of hydrogen-bond donors (Lipinski definition) is 2. The van der Waals surface area contributed by atoms with Crippen LogP contribution in [0.25, 0.3) is 0 Å². The van der Waals surface area contributed by atoms with Gasteiger partial charge in [0, 0.05) is 34.9 Å². The number of hydrogen-bond acceptors (Lipinski definition) is 3. The van der Waals surface area contributed by atoms with E-state index in [0.717, 1.165) is 24.1 Å². The Morgan fingerprint density at radius 1 is 1.38 bits per heavy atom. The van der Waals surface area contributed by atoms with Crippen molar-refractivity contribution in [3.63, 3.8) is 0 Å². The summed E-state index contributed by atoms with van der Waals surface area (Å²) < 4.78 is 35.3. The molecule has 5 nitrogen and oxygen atoms in total. The molecule has 1 aromatic carbocycles. The van der Waals surface area contributed by atoms with Crippen LogP contribution >= 0.6 is 0 Å². The highest BCUT2D eigenvalue weighted by Gasteiger charge is 2.32. The molecule has 0 aliphatic heterocycles. The highest BCUT2D eigenvalue weighted by Crippen LogP contribution is 2.42. The second-order valence-corrected chi connectivity index (χ2v) is 6.00. The number of halogens is 2. The van der Waals surface area contributed by atoms with Gasteiger partial charge >= 0.3 is 0 Å². The Labute approximate surface area is 138 Å². The van der Waals surface area contributed by atoms with E-state index >= 15 is 0 Å². The van der Waals surface area contributed by atoms with E-state index in [1.165, 1.54) is 12.1 Å². The number of benzene rings is 1. The molecule has 7 heteroatoms. The van der Waals surface area contributed by atoms with Gasteiger partial charge in [-0.25, -0.2) is 8.78 Å². The van der Waals surface area contributed by atoms with Crippen LogP contribution in [0.4, 0.5) is 8.78 Å². The number of nitrogens with two attached hydrogens (primary N) is 1. The van der Waals surface area contributed by atoms with Crippen LogP contribution in [0.2, 0.25) is 0 Å². The van der Waals surface area contributed by atoms with E-state index in [1.54, 1.807) is 11.6 Å². The van der Waals surface area contributed by atoms with Crippen LogP contribution in [0.15, 0.2) is 12.1 Å². The maximum Gasteiger partial charge on any atom is 0.144 e. The standard InChI is InChI=1S/C17H20F2N4O/c1-3-24-11-6-13(18)12(14(19)7-11)8-23-16(10-4-5-10)9(2)15(22-23)17(20)21/h6-7,10H,3-5,8H2,1-2H3,(H3,20,21). The minimum Gasteiger partial charge on any atom is -0.494 e. The van der Waals surface area contributed by atoms with Crippen molar-refractivity contribution in [1.29, 1.82) is 5.41 Å². The largest absolute Gasteiger partial charge is 0.494 e. The summed E-state index contributed by atoms with van der Waals surface area (Å²) in [6.07, 6.45) is 2.02. The molecule has 2 aromatic rings. The van der Waals surface area contributed by atoms with Gasteiger partial charge in [0.15, 0.2) is 0 Å². The number of aromatic nitrogens is 2. The lowest BCUT2D eigenvalue weighted by Crippen LogP contribution is -2.14. The maximum atomic E-state index is 14.3. The first-order valence-corrected chi connectivity index (χ1v) is 7.94. The third-order valence-corrected chi connectivity index (χ3v) is 4.19. The van der Waals surface area contributed by atoms with Crippen molar-refractivity contribution < 1.29 is 13.5 Å². The lowest BCUT2D eigenvalue weighted by molar-refractivity contribution is 0.335. The number of nitrogens with one attached hydrogen (secondary N) is 1. The average Bonchev–Trinajstić information content (AvgIpc) is 3.27. The first-order valence-electron chi connectivity index (χ1n) is 7.94. The summed E-state index contributed by atoms with van der Waals surface area (Å²) in [7, 11) is 0. The number of ether oxygens (including phenoxy) is 1. The molecule has 0 unspecified atom stereocenters. The zero-order valence-electron chi connectivity index (χ0n) is 13.7. The maximum absolute atomic E-state index is 14.3. The second kappa shape index (κ2) is 6.22. The predicted molar refractivity (Wildman–Crippen MR) is 86.6 cm³/mol. The summed E-state index contributed by atoms with van der Waals surface area (Å²) in [5.41, 5.74) is 7.60. The molecule has 0 saturated heterocycles. The van der Waals surface area contributed by atoms with E-state index in [1.807, 2.05) is 6.92 Å². The Kier molecular flexibility index (Phi) is 4.26. The molecular formula is C17H20F2N4O. The van der Waals surface area contributed by atoms with Crippen LogP contribution in [-0.4, -0.2) is 22.2 Å². The summed E-state index contributed by atoms with van der Waals surface area (Å²) in [6, 6.07) is 2.36. The third kappa shape index (κ3) is 2.98. The van der Waals surface area contributed by atoms with Crippen LogP contribution in [0, 0.1) is 24.0 Å². The molecule has 3 N–H and O–H groups in total. The van der Waals surface area contributed by atoms with E-state index in [-0.39, 0.29) is 23.7 Å². The van der Waals surface area contributed by atoms with E-state index in [4.69, 9.17) is 15.9 Å². The Hall–Kier alpha value is -2.44. The Morgan fingerprint density at radius 2 is 2.00 bits per heavy atom. The zero-order chi connectivity index (χ0) is 17.4. The first-order chi connectivity index (χ1) is 11.4. The van der Waals surface area contributed by atoms with Gasteiger partial charge in [0.25, 0.3) is 0 Å². The fraction of sp³-hybridized carbons (Fsp3) is 0.412. The van der Waals surface area contributed by atoms with Crippen LogP contribution in [0.1, 0.15) is 48.2 Å². The molecule has 0 bridgehead atoms. The van der Waals surface area contributed by atoms with Gasteiger partial charge in [-0.3, -0.25) is 10.1 Å². The highest BCUT2D eigenvalue weighted by molar-refractivity contribution is 5.94. The van der Waals surface area contributed by atoms with Crippen molar-refractivity contribution in [2.75, 3.05) is 6.61 Å². The van der Waals surface area contributed by atoms with E-state index in [9.17, 15) is 8.78 Å². The Morgan fingerprint density at radius 3 is 2.50 bits per heavy atom. The van der Waals surface area contributed by atoms with Crippen molar-refractivity contribution in [1.82, 2.24) is 9.78 Å². The number of rotatable bonds is 6. The highest BCUT2D eigenvalue weighted by atomic mass is 19.1. The molecule has 1 heterocycles. The zero-order valence-corrected chi connectivity index (χ0v) is 13.7. The number of nitrogen functional groups attached to an aromatic ring is 1. The average molecular weight is 334 g/mol. The minimum atomic E-state index is -0.669. The predicted octanol–water partition coefficient (Wildman–Crippen LogP) is 3.08. The smallest absolute Gasteiger partial charge is 0.144 e. The summed E-state index contributed by atoms with van der Waals surface area (Å²) in [6.45, 7) is 3.90. The molecule has 1 fully saturated rings. The van der Waals surface area contributed by atoms with E-state index in [2.05, 4.69) is 5.10 Å². The molecular weight excluding hydrogens is 314 g/mol. The third-order valence-electron chi connectivity index (χ3n) is 4.19. The molecule has 3 rings (SSSR count). The van der Waals surface area contributed by atoms with Crippen LogP contribution in [0.5, 0.6) is 5.75 Å². The SMILES string of the molecule is CCOc1cc(F)c(Cn2nc(C(=N)N)c(C)c2C2CC2)c(F)c1. The van der Waals surface area contributed by atoms with Gasteiger partial charge in [0.05, 0.1) is 13.2 Å². The van der Waals surface area contributed by atoms with Gasteiger partial charge in [0.1, 0.15) is 28.9 Å². The lowest BCUT2D eigenvalue weighted by atomic mass is 10.1. The normalized spacial score (nSPS) is 14.0. The fourth-order valence-electron chi connectivity index (χ4n) is 2.95. The van der Waals surface area contributed by atoms with E-state index in [0.29, 0.717) is 18.2 Å². The fourth-order valence-corrected chi connectivity index (χ4v) is 2.95. The van der Waals surface area contributed by atoms with Crippen molar-refractivity contribution in [2.45, 2.75) is 39.2 Å². The minimum absolute atomic E-state index is 0.0377. The van der Waals surface area contributed by atoms with Gasteiger partial charge in [0.2, 0.25) is 0 Å². The summed E-state index contributed by atoms with van der Waals surface area (Å²) >= 11 is 0. The summed E-state index contributed by atoms with van der Waals surface area (Å²) in [5.74, 6) is -0.990. The summed E-state index contributed by atoms with van der Waals surface area (Å²) in [4.78, 5) is 0. The van der Waals surface area contributed by atoms with Crippen LogP contribution < -0.4 is 10.5 Å². The summed E-state index contributed by atoms with van der Waals surface area (Å²) in [5, 5.41) is 11.9. The first kappa shape index (κ1) is 16.4. The molecule has 1 aliphatic carbocycles. The molecule has 1 aromatic heterocycles. The number of amidine groups is 1. The van der Waals surface area contributed by atoms with Gasteiger partial charge in [-0.05, 0) is 26.7 Å². The van der Waals surface area contributed by atoms with Gasteiger partial charge in [-0.2, -0.15) is 5.10 Å². The second-order valence-electron chi connectivity index (χ2n) is 6.00. The van der Waals surface area contributed by atoms with Crippen molar-refractivity contribution >= 4 is 5.84 Å². The van der Waals surface area contributed by atoms with Crippen LogP contribution in [-0.2, 0) is 6.54 Å². The molecule has 1 saturated carbocycles. The van der Waals surface area contributed by atoms with E-state index < -0.39 is 11.6 Å². The molecule has 24 heavy (non-hydrogen) atoms. The van der Waals surface area contributed by atoms with Crippen molar-refractivity contribution in [3.8, 4) is 5.75 Å². The van der Waals surface area contributed by atoms with Gasteiger partial charge in [-0.15, -0.1) is 0 Å². The van der Waals surface area contributed by atoms with Crippen LogP contribution in [0.3, 0.4) is 0 Å². The quantitative estimate of drug-likeness (QED) is 0.629. The van der Waals surface area contributed by atoms with Gasteiger partial charge in [-0.1, -0.05) is 0 Å². The molecule has 0 amide bonds. The molecule has 0 spiro atoms. The number of nitrogens with zero attached hydrogens (tertiary/aromatic N) is 2. The molecule has 0 atom stereocenters. The molecule has 128 valence electrons. The molecule has 0 radical (unpaired) electrons. The Bertz CT molecular complexity index is 773. The Balaban J connectivity index is 2.00.